The fourth-order valence-electron chi connectivity index (χ4n) is 3.60. The second-order valence-corrected chi connectivity index (χ2v) is 7.25. The van der Waals surface area contributed by atoms with Gasteiger partial charge in [0.2, 0.25) is 5.91 Å². The zero-order valence-corrected chi connectivity index (χ0v) is 18.7. The zero-order valence-electron chi connectivity index (χ0n) is 18.7. The second kappa shape index (κ2) is 10.9. The molecule has 1 aromatic carbocycles. The number of nitrogens with zero attached hydrogens (tertiary/aromatic N) is 2. The van der Waals surface area contributed by atoms with E-state index in [-0.39, 0.29) is 30.8 Å². The maximum absolute atomic E-state index is 12.8. The van der Waals surface area contributed by atoms with E-state index in [0.717, 1.165) is 0 Å². The third-order valence-electron chi connectivity index (χ3n) is 5.09. The van der Waals surface area contributed by atoms with Crippen LogP contribution in [0.4, 0.5) is 10.5 Å². The van der Waals surface area contributed by atoms with Crippen LogP contribution in [0.5, 0.6) is 5.75 Å². The number of H-pyrrole nitrogens is 1. The standard InChI is InChI=1S/C22H30N4O6/c1-4-30-15-7-8-17-16(13-15)19(20(23-17)21(28)31-5-2)24-18(27)14-25-9-11-26(12-10-25)22(29)32-6-3/h7-8,13,23H,4-6,9-12,14H2,1-3H3,(H,24,27). The van der Waals surface area contributed by atoms with E-state index in [9.17, 15) is 14.4 Å². The Morgan fingerprint density at radius 1 is 1.00 bits per heavy atom. The highest BCUT2D eigenvalue weighted by atomic mass is 16.6. The van der Waals surface area contributed by atoms with Gasteiger partial charge in [-0.2, -0.15) is 0 Å². The lowest BCUT2D eigenvalue weighted by Gasteiger charge is -2.33. The molecule has 2 N–H and O–H groups in total. The molecule has 10 heteroatoms. The number of carbonyl (C=O) groups excluding carboxylic acids is 3. The highest BCUT2D eigenvalue weighted by molar-refractivity contribution is 6.11. The van der Waals surface area contributed by atoms with Crippen molar-refractivity contribution in [3.63, 3.8) is 0 Å². The average Bonchev–Trinajstić information content (AvgIpc) is 3.12. The van der Waals surface area contributed by atoms with Crippen molar-refractivity contribution in [2.45, 2.75) is 20.8 Å². The van der Waals surface area contributed by atoms with Crippen LogP contribution < -0.4 is 10.1 Å². The Balaban J connectivity index is 1.73. The largest absolute Gasteiger partial charge is 0.494 e. The first kappa shape index (κ1) is 23.4. The zero-order chi connectivity index (χ0) is 23.1. The van der Waals surface area contributed by atoms with Gasteiger partial charge in [0.1, 0.15) is 11.4 Å². The molecule has 3 rings (SSSR count). The third kappa shape index (κ3) is 5.50. The van der Waals surface area contributed by atoms with Crippen LogP contribution in [0.3, 0.4) is 0 Å². The summed E-state index contributed by atoms with van der Waals surface area (Å²) in [5.41, 5.74) is 1.25. The van der Waals surface area contributed by atoms with Gasteiger partial charge in [-0.3, -0.25) is 9.69 Å². The minimum Gasteiger partial charge on any atom is -0.494 e. The number of hydrogen-bond acceptors (Lipinski definition) is 7. The van der Waals surface area contributed by atoms with Crippen LogP contribution in [0.25, 0.3) is 10.9 Å². The summed E-state index contributed by atoms with van der Waals surface area (Å²) in [4.78, 5) is 43.8. The summed E-state index contributed by atoms with van der Waals surface area (Å²) in [5.74, 6) is -0.164. The minimum atomic E-state index is -0.542. The number of benzene rings is 1. The smallest absolute Gasteiger partial charge is 0.409 e. The van der Waals surface area contributed by atoms with Crippen molar-refractivity contribution in [3.8, 4) is 5.75 Å². The highest BCUT2D eigenvalue weighted by Gasteiger charge is 2.25. The number of aromatic nitrogens is 1. The number of anilines is 1. The fourth-order valence-corrected chi connectivity index (χ4v) is 3.60. The minimum absolute atomic E-state index is 0.136. The molecule has 0 unspecified atom stereocenters. The van der Waals surface area contributed by atoms with E-state index < -0.39 is 5.97 Å². The number of nitrogens with one attached hydrogen (secondary N) is 2. The van der Waals surface area contributed by atoms with E-state index in [2.05, 4.69) is 10.3 Å². The van der Waals surface area contributed by atoms with Crippen LogP contribution in [0, 0.1) is 0 Å². The molecule has 1 aliphatic rings. The highest BCUT2D eigenvalue weighted by Crippen LogP contribution is 2.31. The third-order valence-corrected chi connectivity index (χ3v) is 5.09. The maximum Gasteiger partial charge on any atom is 0.409 e. The summed E-state index contributed by atoms with van der Waals surface area (Å²) in [6.07, 6.45) is -0.334. The molecule has 2 amide bonds. The lowest BCUT2D eigenvalue weighted by molar-refractivity contribution is -0.117. The van der Waals surface area contributed by atoms with Crippen molar-refractivity contribution >= 4 is 34.6 Å². The van der Waals surface area contributed by atoms with Gasteiger partial charge < -0.3 is 29.4 Å². The number of fused-ring (bicyclic) bond motifs is 1. The molecule has 1 saturated heterocycles. The summed E-state index contributed by atoms with van der Waals surface area (Å²) < 4.78 is 15.7. The van der Waals surface area contributed by atoms with Gasteiger partial charge in [-0.05, 0) is 39.0 Å². The van der Waals surface area contributed by atoms with Crippen LogP contribution in [0.15, 0.2) is 18.2 Å². The molecule has 1 aromatic heterocycles. The molecule has 32 heavy (non-hydrogen) atoms. The summed E-state index contributed by atoms with van der Waals surface area (Å²) in [5, 5.41) is 3.54. The van der Waals surface area contributed by atoms with Gasteiger partial charge in [-0.15, -0.1) is 0 Å². The van der Waals surface area contributed by atoms with Crippen molar-refractivity contribution < 1.29 is 28.6 Å². The second-order valence-electron chi connectivity index (χ2n) is 7.25. The molecule has 0 radical (unpaired) electrons. The van der Waals surface area contributed by atoms with Crippen molar-refractivity contribution in [2.24, 2.45) is 0 Å². The number of amides is 2. The lowest BCUT2D eigenvalue weighted by atomic mass is 10.2. The molecule has 0 aliphatic carbocycles. The van der Waals surface area contributed by atoms with Crippen LogP contribution in [-0.4, -0.2) is 85.3 Å². The monoisotopic (exact) mass is 446 g/mol. The van der Waals surface area contributed by atoms with Crippen LogP contribution >= 0.6 is 0 Å². The van der Waals surface area contributed by atoms with Gasteiger partial charge in [-0.1, -0.05) is 0 Å². The number of ether oxygens (including phenoxy) is 3. The van der Waals surface area contributed by atoms with E-state index in [1.807, 2.05) is 11.8 Å². The first-order valence-electron chi connectivity index (χ1n) is 10.9. The van der Waals surface area contributed by atoms with Crippen LogP contribution in [-0.2, 0) is 14.3 Å². The molecule has 10 nitrogen and oxygen atoms in total. The molecule has 0 bridgehead atoms. The Morgan fingerprint density at radius 2 is 1.72 bits per heavy atom. The molecular formula is C22H30N4O6. The van der Waals surface area contributed by atoms with Gasteiger partial charge in [0.05, 0.1) is 32.1 Å². The van der Waals surface area contributed by atoms with Gasteiger partial charge in [0.15, 0.2) is 0 Å². The van der Waals surface area contributed by atoms with Crippen molar-refractivity contribution in [3.05, 3.63) is 23.9 Å². The first-order chi connectivity index (χ1) is 15.5. The molecule has 2 aromatic rings. The predicted molar refractivity (Wildman–Crippen MR) is 119 cm³/mol. The van der Waals surface area contributed by atoms with Gasteiger partial charge in [0.25, 0.3) is 0 Å². The maximum atomic E-state index is 12.8. The quantitative estimate of drug-likeness (QED) is 0.599. The number of rotatable bonds is 8. The Hall–Kier alpha value is -3.27. The summed E-state index contributed by atoms with van der Waals surface area (Å²) in [6.45, 7) is 8.66. The number of hydrogen-bond donors (Lipinski definition) is 2. The number of carbonyl (C=O) groups is 3. The molecule has 174 valence electrons. The van der Waals surface area contributed by atoms with Gasteiger partial charge in [-0.25, -0.2) is 9.59 Å². The van der Waals surface area contributed by atoms with E-state index in [1.54, 1.807) is 36.9 Å². The molecule has 0 spiro atoms. The van der Waals surface area contributed by atoms with Gasteiger partial charge >= 0.3 is 12.1 Å². The Kier molecular flexibility index (Phi) is 7.93. The molecule has 1 fully saturated rings. The van der Waals surface area contributed by atoms with Crippen molar-refractivity contribution in [2.75, 3.05) is 57.9 Å². The molecule has 1 aliphatic heterocycles. The Labute approximate surface area is 186 Å². The molecule has 2 heterocycles. The van der Waals surface area contributed by atoms with E-state index in [1.165, 1.54) is 0 Å². The summed E-state index contributed by atoms with van der Waals surface area (Å²) in [7, 11) is 0. The Morgan fingerprint density at radius 3 is 2.38 bits per heavy atom. The van der Waals surface area contributed by atoms with Crippen LogP contribution in [0.2, 0.25) is 0 Å². The normalized spacial score (nSPS) is 14.3. The van der Waals surface area contributed by atoms with E-state index in [4.69, 9.17) is 14.2 Å². The predicted octanol–water partition coefficient (Wildman–Crippen LogP) is 2.46. The Bertz CT molecular complexity index is 965. The topological polar surface area (TPSA) is 113 Å². The van der Waals surface area contributed by atoms with Gasteiger partial charge in [0, 0.05) is 37.1 Å². The van der Waals surface area contributed by atoms with Crippen LogP contribution in [0.1, 0.15) is 31.3 Å². The number of aromatic amines is 1. The van der Waals surface area contributed by atoms with Crippen molar-refractivity contribution in [1.29, 1.82) is 0 Å². The summed E-state index contributed by atoms with van der Waals surface area (Å²) >= 11 is 0. The average molecular weight is 447 g/mol. The fraction of sp³-hybridized carbons (Fsp3) is 0.500. The number of esters is 1. The first-order valence-corrected chi connectivity index (χ1v) is 10.9. The molecular weight excluding hydrogens is 416 g/mol. The van der Waals surface area contributed by atoms with E-state index in [0.29, 0.717) is 61.7 Å². The summed E-state index contributed by atoms with van der Waals surface area (Å²) in [6, 6.07) is 5.38. The van der Waals surface area contributed by atoms with Crippen molar-refractivity contribution in [1.82, 2.24) is 14.8 Å². The molecule has 0 atom stereocenters. The molecule has 0 saturated carbocycles. The van der Waals surface area contributed by atoms with E-state index >= 15 is 0 Å². The SMILES string of the molecule is CCOC(=O)c1[nH]c2ccc(OCC)cc2c1NC(=O)CN1CCN(C(=O)OCC)CC1. The number of piperazine rings is 1. The lowest BCUT2D eigenvalue weighted by Crippen LogP contribution is -2.50.